The molecule has 3 heteroatoms. The molecule has 1 aromatic rings. The average molecular weight is 261 g/mol. The van der Waals surface area contributed by atoms with Gasteiger partial charge in [-0.05, 0) is 37.0 Å². The minimum Gasteiger partial charge on any atom is -0.481 e. The highest BCUT2D eigenvalue weighted by atomic mass is 16.4. The normalized spacial score (nSPS) is 16.3. The quantitative estimate of drug-likeness (QED) is 0.882. The van der Waals surface area contributed by atoms with E-state index in [1.54, 1.807) is 0 Å². The van der Waals surface area contributed by atoms with Crippen molar-refractivity contribution in [3.8, 4) is 0 Å². The number of carboxylic acids is 1. The molecule has 0 heterocycles. The predicted molar refractivity (Wildman–Crippen MR) is 77.7 cm³/mol. The van der Waals surface area contributed by atoms with Gasteiger partial charge in [0, 0.05) is 25.2 Å². The lowest BCUT2D eigenvalue weighted by Crippen LogP contribution is -2.33. The molecule has 1 aromatic carbocycles. The summed E-state index contributed by atoms with van der Waals surface area (Å²) < 4.78 is 0. The highest BCUT2D eigenvalue weighted by Gasteiger charge is 2.18. The van der Waals surface area contributed by atoms with Crippen molar-refractivity contribution in [2.75, 3.05) is 11.9 Å². The van der Waals surface area contributed by atoms with E-state index in [0.29, 0.717) is 12.5 Å². The molecule has 1 aliphatic rings. The van der Waals surface area contributed by atoms with Gasteiger partial charge in [-0.3, -0.25) is 4.79 Å². The topological polar surface area (TPSA) is 40.5 Å². The van der Waals surface area contributed by atoms with Crippen LogP contribution in [0.25, 0.3) is 0 Å². The van der Waals surface area contributed by atoms with Crippen molar-refractivity contribution in [1.82, 2.24) is 0 Å². The van der Waals surface area contributed by atoms with Crippen molar-refractivity contribution >= 4 is 11.7 Å². The van der Waals surface area contributed by atoms with E-state index < -0.39 is 5.97 Å². The first-order chi connectivity index (χ1) is 9.16. The second kappa shape index (κ2) is 6.60. The van der Waals surface area contributed by atoms with Crippen molar-refractivity contribution in [2.45, 2.75) is 51.0 Å². The van der Waals surface area contributed by atoms with Crippen LogP contribution >= 0.6 is 0 Å². The van der Waals surface area contributed by atoms with Crippen LogP contribution < -0.4 is 4.90 Å². The van der Waals surface area contributed by atoms with Gasteiger partial charge in [0.1, 0.15) is 0 Å². The van der Waals surface area contributed by atoms with Gasteiger partial charge in [0.25, 0.3) is 0 Å². The third-order valence-electron chi connectivity index (χ3n) is 4.07. The zero-order chi connectivity index (χ0) is 13.7. The van der Waals surface area contributed by atoms with E-state index in [9.17, 15) is 4.79 Å². The minimum absolute atomic E-state index is 0.205. The molecule has 104 valence electrons. The summed E-state index contributed by atoms with van der Waals surface area (Å²) in [4.78, 5) is 13.0. The number of hydrogen-bond donors (Lipinski definition) is 1. The maximum absolute atomic E-state index is 10.6. The Kier molecular flexibility index (Phi) is 4.83. The predicted octanol–water partition coefficient (Wildman–Crippen LogP) is 3.47. The smallest absolute Gasteiger partial charge is 0.303 e. The van der Waals surface area contributed by atoms with E-state index in [1.165, 1.54) is 37.8 Å². The van der Waals surface area contributed by atoms with Crippen LogP contribution in [0.5, 0.6) is 0 Å². The zero-order valence-corrected chi connectivity index (χ0v) is 11.6. The summed E-state index contributed by atoms with van der Waals surface area (Å²) >= 11 is 0. The highest BCUT2D eigenvalue weighted by molar-refractivity contribution is 5.67. The fraction of sp³-hybridized carbons (Fsp3) is 0.562. The van der Waals surface area contributed by atoms with Crippen LogP contribution in [-0.2, 0) is 11.2 Å². The summed E-state index contributed by atoms with van der Waals surface area (Å²) in [7, 11) is 2.16. The van der Waals surface area contributed by atoms with Gasteiger partial charge in [-0.25, -0.2) is 0 Å². The molecule has 1 saturated carbocycles. The fourth-order valence-electron chi connectivity index (χ4n) is 2.86. The molecule has 19 heavy (non-hydrogen) atoms. The van der Waals surface area contributed by atoms with Gasteiger partial charge >= 0.3 is 5.97 Å². The van der Waals surface area contributed by atoms with Crippen LogP contribution in [0.3, 0.4) is 0 Å². The summed E-state index contributed by atoms with van der Waals surface area (Å²) in [6, 6.07) is 8.95. The monoisotopic (exact) mass is 261 g/mol. The van der Waals surface area contributed by atoms with Crippen LogP contribution in [-0.4, -0.2) is 24.2 Å². The lowest BCUT2D eigenvalue weighted by Gasteiger charge is -2.33. The van der Waals surface area contributed by atoms with E-state index in [-0.39, 0.29) is 6.42 Å². The van der Waals surface area contributed by atoms with Gasteiger partial charge in [-0.1, -0.05) is 31.4 Å². The van der Waals surface area contributed by atoms with E-state index in [0.717, 1.165) is 5.56 Å². The molecule has 0 aliphatic heterocycles. The minimum atomic E-state index is -0.731. The Bertz CT molecular complexity index is 425. The molecule has 0 radical (unpaired) electrons. The molecule has 0 unspecified atom stereocenters. The molecular formula is C16H23NO2. The Labute approximate surface area is 115 Å². The van der Waals surface area contributed by atoms with E-state index in [2.05, 4.69) is 24.1 Å². The molecule has 0 aromatic heterocycles. The Morgan fingerprint density at radius 2 is 2.05 bits per heavy atom. The molecule has 1 N–H and O–H groups in total. The van der Waals surface area contributed by atoms with Gasteiger partial charge in [0.05, 0.1) is 0 Å². The largest absolute Gasteiger partial charge is 0.481 e. The summed E-state index contributed by atoms with van der Waals surface area (Å²) in [5.41, 5.74) is 2.33. The Morgan fingerprint density at radius 1 is 1.32 bits per heavy atom. The molecule has 0 atom stereocenters. The van der Waals surface area contributed by atoms with Crippen molar-refractivity contribution in [3.05, 3.63) is 29.8 Å². The molecule has 0 spiro atoms. The van der Waals surface area contributed by atoms with Crippen LogP contribution in [0.15, 0.2) is 24.3 Å². The first-order valence-electron chi connectivity index (χ1n) is 7.20. The number of hydrogen-bond acceptors (Lipinski definition) is 2. The first kappa shape index (κ1) is 13.9. The average Bonchev–Trinajstić information content (AvgIpc) is 2.45. The van der Waals surface area contributed by atoms with Crippen molar-refractivity contribution in [3.63, 3.8) is 0 Å². The van der Waals surface area contributed by atoms with Gasteiger partial charge in [0.15, 0.2) is 0 Å². The third kappa shape index (κ3) is 3.98. The van der Waals surface area contributed by atoms with Gasteiger partial charge < -0.3 is 10.0 Å². The van der Waals surface area contributed by atoms with Gasteiger partial charge in [-0.2, -0.15) is 0 Å². The molecule has 2 rings (SSSR count). The molecule has 1 fully saturated rings. The van der Waals surface area contributed by atoms with E-state index in [1.807, 2.05) is 12.1 Å². The number of carbonyl (C=O) groups is 1. The van der Waals surface area contributed by atoms with E-state index in [4.69, 9.17) is 5.11 Å². The van der Waals surface area contributed by atoms with Crippen molar-refractivity contribution in [1.29, 1.82) is 0 Å². The van der Waals surface area contributed by atoms with Crippen LogP contribution in [0.1, 0.15) is 44.1 Å². The second-order valence-electron chi connectivity index (χ2n) is 5.47. The zero-order valence-electron chi connectivity index (χ0n) is 11.6. The first-order valence-corrected chi connectivity index (χ1v) is 7.20. The molecule has 1 aliphatic carbocycles. The molecule has 0 amide bonds. The maximum Gasteiger partial charge on any atom is 0.303 e. The number of carboxylic acid groups (broad SMARTS) is 1. The lowest BCUT2D eigenvalue weighted by atomic mass is 9.94. The Balaban J connectivity index is 2.02. The van der Waals surface area contributed by atoms with Crippen LogP contribution in [0, 0.1) is 0 Å². The number of anilines is 1. The molecule has 0 saturated heterocycles. The number of benzene rings is 1. The van der Waals surface area contributed by atoms with Crippen molar-refractivity contribution < 1.29 is 9.90 Å². The summed E-state index contributed by atoms with van der Waals surface area (Å²) in [5.74, 6) is -0.731. The Morgan fingerprint density at radius 3 is 2.74 bits per heavy atom. The molecular weight excluding hydrogens is 238 g/mol. The standard InChI is InChI=1S/C16H23NO2/c1-17(14-7-3-2-4-8-14)15-9-5-6-13(12-15)10-11-16(18)19/h5-6,9,12,14H,2-4,7-8,10-11H2,1H3,(H,18,19). The third-order valence-corrected chi connectivity index (χ3v) is 4.07. The number of aryl methyl sites for hydroxylation is 1. The van der Waals surface area contributed by atoms with Crippen LogP contribution in [0.2, 0.25) is 0 Å². The summed E-state index contributed by atoms with van der Waals surface area (Å²) in [5, 5.41) is 8.75. The Hall–Kier alpha value is -1.51. The summed E-state index contributed by atoms with van der Waals surface area (Å²) in [6.45, 7) is 0. The number of aliphatic carboxylic acids is 1. The number of rotatable bonds is 5. The van der Waals surface area contributed by atoms with Gasteiger partial charge in [-0.15, -0.1) is 0 Å². The maximum atomic E-state index is 10.6. The SMILES string of the molecule is CN(c1cccc(CCC(=O)O)c1)C1CCCCC1. The fourth-order valence-corrected chi connectivity index (χ4v) is 2.86. The summed E-state index contributed by atoms with van der Waals surface area (Å²) in [6.07, 6.45) is 7.38. The second-order valence-corrected chi connectivity index (χ2v) is 5.47. The molecule has 0 bridgehead atoms. The lowest BCUT2D eigenvalue weighted by molar-refractivity contribution is -0.136. The number of nitrogens with zero attached hydrogens (tertiary/aromatic N) is 1. The van der Waals surface area contributed by atoms with Crippen LogP contribution in [0.4, 0.5) is 5.69 Å². The van der Waals surface area contributed by atoms with Gasteiger partial charge in [0.2, 0.25) is 0 Å². The molecule has 3 nitrogen and oxygen atoms in total. The highest BCUT2D eigenvalue weighted by Crippen LogP contribution is 2.26. The van der Waals surface area contributed by atoms with Crippen molar-refractivity contribution in [2.24, 2.45) is 0 Å². The van der Waals surface area contributed by atoms with E-state index >= 15 is 0 Å².